The topological polar surface area (TPSA) is 66.6 Å². The molecule has 1 fully saturated rings. The van der Waals surface area contributed by atoms with Crippen LogP contribution in [0, 0.1) is 5.92 Å². The highest BCUT2D eigenvalue weighted by Crippen LogP contribution is 2.22. The Bertz CT molecular complexity index is 456. The number of hydrogen-bond donors (Lipinski definition) is 2. The van der Waals surface area contributed by atoms with Gasteiger partial charge in [0.2, 0.25) is 5.91 Å². The summed E-state index contributed by atoms with van der Waals surface area (Å²) in [5.41, 5.74) is 8.34. The van der Waals surface area contributed by atoms with Crippen molar-refractivity contribution >= 4 is 18.3 Å². The van der Waals surface area contributed by atoms with Crippen molar-refractivity contribution in [2.24, 2.45) is 11.7 Å². The molecule has 0 aromatic heterocycles. The van der Waals surface area contributed by atoms with E-state index in [0.717, 1.165) is 38.8 Å². The van der Waals surface area contributed by atoms with Crippen LogP contribution in [0.5, 0.6) is 0 Å². The summed E-state index contributed by atoms with van der Waals surface area (Å²) in [4.78, 5) is 13.7. The first-order chi connectivity index (χ1) is 10.1. The van der Waals surface area contributed by atoms with Crippen molar-refractivity contribution in [1.82, 2.24) is 4.90 Å². The molecule has 1 aromatic carbocycles. The maximum absolute atomic E-state index is 11.9. The number of likely N-dealkylation sites (tertiary alicyclic amines) is 1. The second kappa shape index (κ2) is 9.13. The maximum Gasteiger partial charge on any atom is 0.241 e. The molecule has 1 aliphatic heterocycles. The first kappa shape index (κ1) is 18.9. The number of nitrogens with zero attached hydrogens (tertiary/aromatic N) is 1. The predicted molar refractivity (Wildman–Crippen MR) is 91.1 cm³/mol. The fraction of sp³-hybridized carbons (Fsp3) is 0.588. The van der Waals surface area contributed by atoms with E-state index in [0.29, 0.717) is 5.92 Å². The fourth-order valence-corrected chi connectivity index (χ4v) is 2.91. The zero-order valence-corrected chi connectivity index (χ0v) is 14.0. The number of carbonyl (C=O) groups is 1. The Kier molecular flexibility index (Phi) is 7.87. The van der Waals surface area contributed by atoms with Crippen LogP contribution in [0.3, 0.4) is 0 Å². The van der Waals surface area contributed by atoms with Gasteiger partial charge in [-0.2, -0.15) is 0 Å². The van der Waals surface area contributed by atoms with Crippen LogP contribution in [0.25, 0.3) is 0 Å². The van der Waals surface area contributed by atoms with Gasteiger partial charge in [-0.25, -0.2) is 0 Å². The molecule has 1 amide bonds. The van der Waals surface area contributed by atoms with Crippen LogP contribution >= 0.6 is 12.4 Å². The van der Waals surface area contributed by atoms with Crippen molar-refractivity contribution < 1.29 is 9.90 Å². The molecule has 5 heteroatoms. The number of benzene rings is 1. The average Bonchev–Trinajstić information content (AvgIpc) is 2.55. The summed E-state index contributed by atoms with van der Waals surface area (Å²) in [5, 5.41) is 8.95. The molecule has 4 nitrogen and oxygen atoms in total. The van der Waals surface area contributed by atoms with E-state index in [4.69, 9.17) is 10.8 Å². The van der Waals surface area contributed by atoms with Gasteiger partial charge >= 0.3 is 0 Å². The molecular formula is C17H27ClN2O2. The number of aliphatic hydroxyl groups is 1. The smallest absolute Gasteiger partial charge is 0.241 e. The zero-order valence-electron chi connectivity index (χ0n) is 13.2. The number of rotatable bonds is 5. The number of amides is 1. The largest absolute Gasteiger partial charge is 0.394 e. The second-order valence-electron chi connectivity index (χ2n) is 5.93. The Hall–Kier alpha value is -1.10. The Labute approximate surface area is 139 Å². The lowest BCUT2D eigenvalue weighted by Crippen LogP contribution is -2.48. The van der Waals surface area contributed by atoms with Gasteiger partial charge in [0.1, 0.15) is 6.04 Å². The summed E-state index contributed by atoms with van der Waals surface area (Å²) < 4.78 is 0. The molecule has 22 heavy (non-hydrogen) atoms. The maximum atomic E-state index is 11.9. The van der Waals surface area contributed by atoms with Crippen molar-refractivity contribution in [3.8, 4) is 0 Å². The van der Waals surface area contributed by atoms with E-state index < -0.39 is 6.04 Å². The molecule has 0 radical (unpaired) electrons. The van der Waals surface area contributed by atoms with Gasteiger partial charge in [-0.1, -0.05) is 31.2 Å². The number of nitrogens with two attached hydrogens (primary N) is 1. The molecule has 1 atom stereocenters. The summed E-state index contributed by atoms with van der Waals surface area (Å²) in [6.45, 7) is 3.40. The average molecular weight is 327 g/mol. The van der Waals surface area contributed by atoms with E-state index in [9.17, 15) is 4.79 Å². The molecule has 1 aliphatic rings. The number of hydrogen-bond acceptors (Lipinski definition) is 3. The molecule has 2 rings (SSSR count). The van der Waals surface area contributed by atoms with Gasteiger partial charge < -0.3 is 15.7 Å². The second-order valence-corrected chi connectivity index (χ2v) is 5.93. The Morgan fingerprint density at radius 2 is 1.82 bits per heavy atom. The predicted octanol–water partition coefficient (Wildman–Crippen LogP) is 1.77. The van der Waals surface area contributed by atoms with Crippen LogP contribution in [0.1, 0.15) is 30.9 Å². The van der Waals surface area contributed by atoms with E-state index in [1.165, 1.54) is 11.1 Å². The number of halogens is 1. The highest BCUT2D eigenvalue weighted by Gasteiger charge is 2.25. The summed E-state index contributed by atoms with van der Waals surface area (Å²) in [6.07, 6.45) is 4.18. The van der Waals surface area contributed by atoms with Gasteiger partial charge in [-0.3, -0.25) is 4.79 Å². The molecule has 1 heterocycles. The van der Waals surface area contributed by atoms with Crippen LogP contribution in [-0.4, -0.2) is 41.7 Å². The lowest BCUT2D eigenvalue weighted by atomic mass is 9.89. The van der Waals surface area contributed by atoms with Crippen LogP contribution < -0.4 is 5.73 Å². The molecule has 0 aliphatic carbocycles. The monoisotopic (exact) mass is 326 g/mol. The van der Waals surface area contributed by atoms with Gasteiger partial charge in [0.25, 0.3) is 0 Å². The first-order valence-electron chi connectivity index (χ1n) is 7.87. The van der Waals surface area contributed by atoms with Crippen LogP contribution in [0.15, 0.2) is 24.3 Å². The molecule has 3 N–H and O–H groups in total. The lowest BCUT2D eigenvalue weighted by Gasteiger charge is -2.33. The number of aliphatic hydroxyl groups excluding tert-OH is 1. The SMILES string of the molecule is CCc1ccc(CC2CCN(C(=O)C(N)CO)CC2)cc1.Cl. The van der Waals surface area contributed by atoms with Crippen molar-refractivity contribution in [2.45, 2.75) is 38.6 Å². The molecule has 1 unspecified atom stereocenters. The quantitative estimate of drug-likeness (QED) is 0.866. The van der Waals surface area contributed by atoms with E-state index in [-0.39, 0.29) is 24.9 Å². The third kappa shape index (κ3) is 4.97. The van der Waals surface area contributed by atoms with Crippen LogP contribution in [0.4, 0.5) is 0 Å². The summed E-state index contributed by atoms with van der Waals surface area (Å²) in [7, 11) is 0. The highest BCUT2D eigenvalue weighted by molar-refractivity contribution is 5.85. The standard InChI is InChI=1S/C17H26N2O2.ClH/c1-2-13-3-5-14(6-4-13)11-15-7-9-19(10-8-15)17(21)16(18)12-20;/h3-6,15-16,20H,2,7-12,18H2,1H3;1H. The van der Waals surface area contributed by atoms with Gasteiger partial charge in [-0.05, 0) is 42.7 Å². The highest BCUT2D eigenvalue weighted by atomic mass is 35.5. The Balaban J connectivity index is 0.00000242. The Morgan fingerprint density at radius 3 is 2.32 bits per heavy atom. The molecular weight excluding hydrogens is 300 g/mol. The normalized spacial score (nSPS) is 17.0. The van der Waals surface area contributed by atoms with E-state index in [2.05, 4.69) is 31.2 Å². The van der Waals surface area contributed by atoms with Gasteiger partial charge in [0.15, 0.2) is 0 Å². The fourth-order valence-electron chi connectivity index (χ4n) is 2.91. The molecule has 1 saturated heterocycles. The molecule has 0 bridgehead atoms. The summed E-state index contributed by atoms with van der Waals surface area (Å²) >= 11 is 0. The minimum atomic E-state index is -0.761. The summed E-state index contributed by atoms with van der Waals surface area (Å²) in [6, 6.07) is 8.08. The molecule has 1 aromatic rings. The van der Waals surface area contributed by atoms with Gasteiger partial charge in [0.05, 0.1) is 6.61 Å². The van der Waals surface area contributed by atoms with Crippen molar-refractivity contribution in [3.63, 3.8) is 0 Å². The van der Waals surface area contributed by atoms with Gasteiger partial charge in [0, 0.05) is 13.1 Å². The molecule has 0 spiro atoms. The third-order valence-corrected chi connectivity index (χ3v) is 4.40. The molecule has 124 valence electrons. The van der Waals surface area contributed by atoms with Crippen molar-refractivity contribution in [1.29, 1.82) is 0 Å². The molecule has 0 saturated carbocycles. The minimum Gasteiger partial charge on any atom is -0.394 e. The van der Waals surface area contributed by atoms with E-state index in [1.54, 1.807) is 4.90 Å². The van der Waals surface area contributed by atoms with E-state index >= 15 is 0 Å². The van der Waals surface area contributed by atoms with Crippen molar-refractivity contribution in [3.05, 3.63) is 35.4 Å². The first-order valence-corrected chi connectivity index (χ1v) is 7.87. The Morgan fingerprint density at radius 1 is 1.27 bits per heavy atom. The number of piperidine rings is 1. The number of carbonyl (C=O) groups excluding carboxylic acids is 1. The van der Waals surface area contributed by atoms with E-state index in [1.807, 2.05) is 0 Å². The third-order valence-electron chi connectivity index (χ3n) is 4.40. The van der Waals surface area contributed by atoms with Crippen molar-refractivity contribution in [2.75, 3.05) is 19.7 Å². The van der Waals surface area contributed by atoms with Gasteiger partial charge in [-0.15, -0.1) is 12.4 Å². The minimum absolute atomic E-state index is 0. The number of aryl methyl sites for hydroxylation is 1. The van der Waals surface area contributed by atoms with Crippen LogP contribution in [0.2, 0.25) is 0 Å². The zero-order chi connectivity index (χ0) is 15.2. The lowest BCUT2D eigenvalue weighted by molar-refractivity contribution is -0.134. The summed E-state index contributed by atoms with van der Waals surface area (Å²) in [5.74, 6) is 0.509. The van der Waals surface area contributed by atoms with Crippen LogP contribution in [-0.2, 0) is 17.6 Å².